The number of rotatable bonds is 1. The Labute approximate surface area is 70.4 Å². The molecule has 2 saturated carbocycles. The van der Waals surface area contributed by atoms with Crippen LogP contribution in [0.2, 0.25) is 0 Å². The minimum absolute atomic E-state index is 1.04. The Bertz CT molecular complexity index is 134. The lowest BCUT2D eigenvalue weighted by Gasteiger charge is -2.34. The van der Waals surface area contributed by atoms with Gasteiger partial charge in [-0.25, -0.2) is 0 Å². The molecule has 0 aliphatic heterocycles. The second kappa shape index (κ2) is 2.50. The Kier molecular flexibility index (Phi) is 1.74. The Morgan fingerprint density at radius 1 is 1.00 bits per heavy atom. The predicted octanol–water partition coefficient (Wildman–Crippen LogP) is 3.32. The highest BCUT2D eigenvalue weighted by Crippen LogP contribution is 2.56. The first-order valence-electron chi connectivity index (χ1n) is 5.25. The van der Waals surface area contributed by atoms with Gasteiger partial charge in [0, 0.05) is 0 Å². The summed E-state index contributed by atoms with van der Waals surface area (Å²) in [6.07, 6.45) is 4.48. The molecular formula is C11H20. The van der Waals surface area contributed by atoms with Crippen molar-refractivity contribution in [2.75, 3.05) is 0 Å². The molecule has 0 heteroatoms. The SMILES string of the molecule is CCC1C(C)C2CCC2C1C. The smallest absolute Gasteiger partial charge is 0.0355 e. The van der Waals surface area contributed by atoms with Crippen molar-refractivity contribution in [2.24, 2.45) is 29.6 Å². The van der Waals surface area contributed by atoms with Crippen molar-refractivity contribution in [3.8, 4) is 0 Å². The molecule has 0 spiro atoms. The molecule has 2 aliphatic rings. The molecule has 0 aromatic heterocycles. The van der Waals surface area contributed by atoms with Crippen LogP contribution in [0, 0.1) is 29.6 Å². The number of fused-ring (bicyclic) bond motifs is 1. The zero-order valence-electron chi connectivity index (χ0n) is 8.01. The molecule has 4 unspecified atom stereocenters. The number of hydrogen-bond acceptors (Lipinski definition) is 0. The molecule has 2 aliphatic carbocycles. The van der Waals surface area contributed by atoms with Crippen molar-refractivity contribution < 1.29 is 0 Å². The lowest BCUT2D eigenvalue weighted by Crippen LogP contribution is -2.26. The predicted molar refractivity (Wildman–Crippen MR) is 48.3 cm³/mol. The summed E-state index contributed by atoms with van der Waals surface area (Å²) in [6.45, 7) is 7.32. The van der Waals surface area contributed by atoms with Crippen molar-refractivity contribution in [2.45, 2.75) is 40.0 Å². The lowest BCUT2D eigenvalue weighted by atomic mass is 9.71. The second-order valence-electron chi connectivity index (χ2n) is 4.70. The Hall–Kier alpha value is 0. The van der Waals surface area contributed by atoms with Gasteiger partial charge in [0.1, 0.15) is 0 Å². The van der Waals surface area contributed by atoms with Gasteiger partial charge in [-0.05, 0) is 42.4 Å². The van der Waals surface area contributed by atoms with Crippen molar-refractivity contribution in [3.05, 3.63) is 0 Å². The van der Waals surface area contributed by atoms with Crippen LogP contribution in [0.15, 0.2) is 0 Å². The van der Waals surface area contributed by atoms with E-state index in [0.717, 1.165) is 29.6 Å². The largest absolute Gasteiger partial charge is 0.0651 e. The maximum atomic E-state index is 2.48. The third-order valence-electron chi connectivity index (χ3n) is 4.56. The molecule has 0 nitrogen and oxygen atoms in total. The molecule has 0 bridgehead atoms. The fourth-order valence-electron chi connectivity index (χ4n) is 3.71. The molecule has 0 heterocycles. The van der Waals surface area contributed by atoms with E-state index < -0.39 is 0 Å². The Morgan fingerprint density at radius 3 is 1.73 bits per heavy atom. The standard InChI is InChI=1S/C11H20/c1-4-9-7(2)10-5-6-11(10)8(9)3/h7-11H,4-6H2,1-3H3. The van der Waals surface area contributed by atoms with E-state index in [0.29, 0.717) is 0 Å². The Morgan fingerprint density at radius 2 is 1.45 bits per heavy atom. The zero-order chi connectivity index (χ0) is 8.01. The summed E-state index contributed by atoms with van der Waals surface area (Å²) in [7, 11) is 0. The molecule has 2 rings (SSSR count). The molecule has 0 aromatic carbocycles. The van der Waals surface area contributed by atoms with E-state index in [4.69, 9.17) is 0 Å². The van der Waals surface area contributed by atoms with Gasteiger partial charge in [-0.3, -0.25) is 0 Å². The fraction of sp³-hybridized carbons (Fsp3) is 1.00. The van der Waals surface area contributed by atoms with Gasteiger partial charge in [0.05, 0.1) is 0 Å². The highest BCUT2D eigenvalue weighted by molar-refractivity contribution is 4.98. The minimum Gasteiger partial charge on any atom is -0.0651 e. The van der Waals surface area contributed by atoms with Gasteiger partial charge in [-0.15, -0.1) is 0 Å². The van der Waals surface area contributed by atoms with E-state index in [2.05, 4.69) is 20.8 Å². The normalized spacial score (nSPS) is 55.4. The van der Waals surface area contributed by atoms with Crippen molar-refractivity contribution in [1.82, 2.24) is 0 Å². The average Bonchev–Trinajstić information content (AvgIpc) is 1.99. The summed E-state index contributed by atoms with van der Waals surface area (Å²) >= 11 is 0. The second-order valence-corrected chi connectivity index (χ2v) is 4.70. The third-order valence-corrected chi connectivity index (χ3v) is 4.56. The van der Waals surface area contributed by atoms with Gasteiger partial charge < -0.3 is 0 Å². The molecule has 4 atom stereocenters. The summed E-state index contributed by atoms with van der Waals surface area (Å²) in [4.78, 5) is 0. The lowest BCUT2D eigenvalue weighted by molar-refractivity contribution is 0.154. The average molecular weight is 152 g/mol. The van der Waals surface area contributed by atoms with Crippen LogP contribution in [0.5, 0.6) is 0 Å². The zero-order valence-corrected chi connectivity index (χ0v) is 8.01. The first-order chi connectivity index (χ1) is 5.25. The molecule has 11 heavy (non-hydrogen) atoms. The fourth-order valence-corrected chi connectivity index (χ4v) is 3.71. The van der Waals surface area contributed by atoms with Gasteiger partial charge in [0.15, 0.2) is 0 Å². The van der Waals surface area contributed by atoms with Crippen molar-refractivity contribution in [1.29, 1.82) is 0 Å². The van der Waals surface area contributed by atoms with E-state index in [9.17, 15) is 0 Å². The maximum absolute atomic E-state index is 2.48. The van der Waals surface area contributed by atoms with Crippen molar-refractivity contribution >= 4 is 0 Å². The van der Waals surface area contributed by atoms with Crippen LogP contribution in [0.1, 0.15) is 40.0 Å². The van der Waals surface area contributed by atoms with Gasteiger partial charge in [-0.1, -0.05) is 27.2 Å². The van der Waals surface area contributed by atoms with Crippen LogP contribution in [-0.4, -0.2) is 0 Å². The molecule has 64 valence electrons. The van der Waals surface area contributed by atoms with E-state index in [1.807, 2.05) is 0 Å². The quantitative estimate of drug-likeness (QED) is 0.540. The summed E-state index contributed by atoms with van der Waals surface area (Å²) < 4.78 is 0. The van der Waals surface area contributed by atoms with E-state index >= 15 is 0 Å². The first kappa shape index (κ1) is 7.64. The molecule has 0 aromatic rings. The van der Waals surface area contributed by atoms with Gasteiger partial charge in [-0.2, -0.15) is 0 Å². The minimum atomic E-state index is 1.04. The molecule has 0 N–H and O–H groups in total. The third kappa shape index (κ3) is 0.878. The van der Waals surface area contributed by atoms with Gasteiger partial charge in [0.25, 0.3) is 0 Å². The van der Waals surface area contributed by atoms with Crippen LogP contribution in [-0.2, 0) is 0 Å². The Balaban J connectivity index is 2.11. The van der Waals surface area contributed by atoms with Gasteiger partial charge in [0.2, 0.25) is 0 Å². The highest BCUT2D eigenvalue weighted by atomic mass is 14.5. The van der Waals surface area contributed by atoms with Crippen LogP contribution in [0.25, 0.3) is 0 Å². The molecule has 0 saturated heterocycles. The van der Waals surface area contributed by atoms with Crippen LogP contribution < -0.4 is 0 Å². The van der Waals surface area contributed by atoms with Crippen LogP contribution in [0.4, 0.5) is 0 Å². The molecular weight excluding hydrogens is 132 g/mol. The van der Waals surface area contributed by atoms with Crippen LogP contribution >= 0.6 is 0 Å². The summed E-state index contributed by atoms with van der Waals surface area (Å²) in [5, 5.41) is 0. The van der Waals surface area contributed by atoms with Crippen molar-refractivity contribution in [3.63, 3.8) is 0 Å². The highest BCUT2D eigenvalue weighted by Gasteiger charge is 2.49. The summed E-state index contributed by atoms with van der Waals surface area (Å²) in [5.41, 5.74) is 0. The van der Waals surface area contributed by atoms with E-state index in [1.165, 1.54) is 19.3 Å². The number of hydrogen-bond donors (Lipinski definition) is 0. The molecule has 0 radical (unpaired) electrons. The monoisotopic (exact) mass is 152 g/mol. The maximum Gasteiger partial charge on any atom is -0.0355 e. The van der Waals surface area contributed by atoms with Gasteiger partial charge >= 0.3 is 0 Å². The summed E-state index contributed by atoms with van der Waals surface area (Å²) in [6, 6.07) is 0. The molecule has 2 fully saturated rings. The molecule has 0 amide bonds. The first-order valence-corrected chi connectivity index (χ1v) is 5.25. The topological polar surface area (TPSA) is 0 Å². The van der Waals surface area contributed by atoms with E-state index in [-0.39, 0.29) is 0 Å². The summed E-state index contributed by atoms with van der Waals surface area (Å²) in [5.74, 6) is 5.36. The van der Waals surface area contributed by atoms with Crippen LogP contribution in [0.3, 0.4) is 0 Å². The van der Waals surface area contributed by atoms with E-state index in [1.54, 1.807) is 0 Å².